The highest BCUT2D eigenvalue weighted by Crippen LogP contribution is 2.50. The number of piperidine rings is 1. The molecule has 3 aromatic rings. The Morgan fingerprint density at radius 3 is 2.43 bits per heavy atom. The Bertz CT molecular complexity index is 1530. The molecular formula is C39H51N3O5. The Labute approximate surface area is 280 Å². The average molecular weight is 642 g/mol. The summed E-state index contributed by atoms with van der Waals surface area (Å²) in [5.41, 5.74) is 1.70. The molecule has 47 heavy (non-hydrogen) atoms. The number of aliphatic carboxylic acids is 1. The summed E-state index contributed by atoms with van der Waals surface area (Å²) >= 11 is 0. The third kappa shape index (κ3) is 8.09. The SMILES string of the molecule is CCC(Cc1cccc(OCC2CCN(c3cc(OC)ccc3C(=O)N(CC(C)(C)C)c3ccccn3)C[C@H]2C)c1)(C(=O)O)C1CC1. The molecule has 1 N–H and O–H groups in total. The number of hydrogen-bond donors (Lipinski definition) is 1. The van der Waals surface area contributed by atoms with Crippen LogP contribution in [0.25, 0.3) is 0 Å². The summed E-state index contributed by atoms with van der Waals surface area (Å²) in [5, 5.41) is 10.1. The van der Waals surface area contributed by atoms with Gasteiger partial charge < -0.3 is 19.5 Å². The topological polar surface area (TPSA) is 92.2 Å². The molecule has 1 saturated carbocycles. The maximum atomic E-state index is 14.3. The van der Waals surface area contributed by atoms with E-state index in [9.17, 15) is 14.7 Å². The van der Waals surface area contributed by atoms with Crippen molar-refractivity contribution in [3.8, 4) is 11.5 Å². The van der Waals surface area contributed by atoms with E-state index in [2.05, 4.69) is 37.6 Å². The summed E-state index contributed by atoms with van der Waals surface area (Å²) in [5.74, 6) is 2.29. The summed E-state index contributed by atoms with van der Waals surface area (Å²) in [6.07, 6.45) is 5.80. The number of nitrogens with zero attached hydrogens (tertiary/aromatic N) is 3. The predicted octanol–water partition coefficient (Wildman–Crippen LogP) is 7.76. The van der Waals surface area contributed by atoms with Gasteiger partial charge >= 0.3 is 5.97 Å². The predicted molar refractivity (Wildman–Crippen MR) is 187 cm³/mol. The highest BCUT2D eigenvalue weighted by molar-refractivity contribution is 6.09. The number of anilines is 2. The highest BCUT2D eigenvalue weighted by atomic mass is 16.5. The number of aromatic nitrogens is 1. The largest absolute Gasteiger partial charge is 0.497 e. The van der Waals surface area contributed by atoms with Gasteiger partial charge in [-0.15, -0.1) is 0 Å². The van der Waals surface area contributed by atoms with Gasteiger partial charge in [0, 0.05) is 31.9 Å². The zero-order valence-corrected chi connectivity index (χ0v) is 28.9. The van der Waals surface area contributed by atoms with Gasteiger partial charge in [-0.2, -0.15) is 0 Å². The minimum absolute atomic E-state index is 0.0778. The molecule has 2 aliphatic rings. The van der Waals surface area contributed by atoms with Crippen LogP contribution in [0.5, 0.6) is 11.5 Å². The first kappa shape index (κ1) is 34.3. The van der Waals surface area contributed by atoms with Crippen LogP contribution in [-0.2, 0) is 11.2 Å². The fourth-order valence-corrected chi connectivity index (χ4v) is 7.04. The molecule has 8 nitrogen and oxygen atoms in total. The van der Waals surface area contributed by atoms with E-state index in [1.54, 1.807) is 18.2 Å². The maximum absolute atomic E-state index is 14.3. The van der Waals surface area contributed by atoms with E-state index >= 15 is 0 Å². The van der Waals surface area contributed by atoms with Crippen molar-refractivity contribution in [1.82, 2.24) is 4.98 Å². The van der Waals surface area contributed by atoms with Gasteiger partial charge in [-0.3, -0.25) is 14.5 Å². The van der Waals surface area contributed by atoms with Gasteiger partial charge in [0.1, 0.15) is 17.3 Å². The molecule has 0 spiro atoms. The van der Waals surface area contributed by atoms with Crippen LogP contribution in [0.4, 0.5) is 11.5 Å². The van der Waals surface area contributed by atoms with Crippen LogP contribution in [0.1, 0.15) is 76.2 Å². The van der Waals surface area contributed by atoms with Gasteiger partial charge in [0.05, 0.1) is 30.4 Å². The van der Waals surface area contributed by atoms with Gasteiger partial charge in [0.15, 0.2) is 0 Å². The van der Waals surface area contributed by atoms with Crippen LogP contribution >= 0.6 is 0 Å². The van der Waals surface area contributed by atoms with Crippen molar-refractivity contribution in [3.63, 3.8) is 0 Å². The molecule has 3 atom stereocenters. The summed E-state index contributed by atoms with van der Waals surface area (Å²) in [6.45, 7) is 13.3. The molecule has 0 bridgehead atoms. The smallest absolute Gasteiger partial charge is 0.310 e. The van der Waals surface area contributed by atoms with Crippen LogP contribution in [-0.4, -0.2) is 55.3 Å². The number of ether oxygens (including phenoxy) is 2. The number of carboxylic acids is 1. The van der Waals surface area contributed by atoms with Crippen LogP contribution < -0.4 is 19.3 Å². The number of carbonyl (C=O) groups excluding carboxylic acids is 1. The number of benzene rings is 2. The van der Waals surface area contributed by atoms with Crippen molar-refractivity contribution in [2.24, 2.45) is 28.6 Å². The molecule has 5 rings (SSSR count). The molecule has 2 heterocycles. The summed E-state index contributed by atoms with van der Waals surface area (Å²) < 4.78 is 12.0. The standard InChI is InChI=1S/C39H51N3O5/c1-7-39(37(44)45,30-14-15-30)23-28-11-10-12-32(21-28)47-25-29-18-20-41(24-27(29)2)34-22-31(46-6)16-17-33(34)36(43)42(26-38(3,4)5)35-13-8-9-19-40-35/h8-13,16-17,19,21-22,27,29-30H,7,14-15,18,20,23-26H2,1-6H3,(H,44,45)/t27-,29?,39?/m1/s1. The van der Waals surface area contributed by atoms with Crippen molar-refractivity contribution in [2.75, 3.05) is 43.2 Å². The van der Waals surface area contributed by atoms with Crippen molar-refractivity contribution in [3.05, 3.63) is 78.0 Å². The highest BCUT2D eigenvalue weighted by Gasteiger charge is 2.49. The van der Waals surface area contributed by atoms with E-state index in [0.29, 0.717) is 55.0 Å². The van der Waals surface area contributed by atoms with Crippen molar-refractivity contribution < 1.29 is 24.2 Å². The van der Waals surface area contributed by atoms with Gasteiger partial charge in [0.2, 0.25) is 0 Å². The molecule has 2 aromatic carbocycles. The lowest BCUT2D eigenvalue weighted by atomic mass is 9.75. The molecule has 252 valence electrons. The molecule has 0 radical (unpaired) electrons. The van der Waals surface area contributed by atoms with Crippen molar-refractivity contribution >= 4 is 23.4 Å². The zero-order valence-electron chi connectivity index (χ0n) is 28.9. The second-order valence-corrected chi connectivity index (χ2v) is 14.7. The van der Waals surface area contributed by atoms with Crippen molar-refractivity contribution in [2.45, 2.75) is 66.7 Å². The fraction of sp³-hybridized carbons (Fsp3) is 0.513. The number of rotatable bonds is 13. The first-order valence-electron chi connectivity index (χ1n) is 17.0. The number of pyridine rings is 1. The first-order chi connectivity index (χ1) is 22.4. The average Bonchev–Trinajstić information content (AvgIpc) is 3.91. The quantitative estimate of drug-likeness (QED) is 0.204. The Hall–Kier alpha value is -4.07. The second-order valence-electron chi connectivity index (χ2n) is 14.7. The maximum Gasteiger partial charge on any atom is 0.310 e. The number of carbonyl (C=O) groups is 2. The number of carboxylic acid groups (broad SMARTS) is 1. The number of hydrogen-bond acceptors (Lipinski definition) is 6. The fourth-order valence-electron chi connectivity index (χ4n) is 7.04. The zero-order chi connectivity index (χ0) is 33.8. The lowest BCUT2D eigenvalue weighted by Gasteiger charge is -2.39. The van der Waals surface area contributed by atoms with E-state index in [1.807, 2.05) is 67.6 Å². The van der Waals surface area contributed by atoms with E-state index in [1.165, 1.54) is 0 Å². The van der Waals surface area contributed by atoms with Crippen molar-refractivity contribution in [1.29, 1.82) is 0 Å². The third-order valence-corrected chi connectivity index (χ3v) is 9.96. The minimum Gasteiger partial charge on any atom is -0.497 e. The lowest BCUT2D eigenvalue weighted by molar-refractivity contribution is -0.150. The molecular weight excluding hydrogens is 590 g/mol. The van der Waals surface area contributed by atoms with Crippen LogP contribution in [0.15, 0.2) is 66.9 Å². The summed E-state index contributed by atoms with van der Waals surface area (Å²) in [7, 11) is 1.65. The Kier molecular flexibility index (Phi) is 10.5. The van der Waals surface area contributed by atoms with Gasteiger partial charge in [-0.25, -0.2) is 4.98 Å². The van der Waals surface area contributed by atoms with E-state index in [0.717, 1.165) is 49.4 Å². The number of amides is 1. The van der Waals surface area contributed by atoms with Crippen LogP contribution in [0, 0.1) is 28.6 Å². The molecule has 1 aliphatic heterocycles. The molecule has 1 aromatic heterocycles. The molecule has 2 fully saturated rings. The molecule has 8 heteroatoms. The monoisotopic (exact) mass is 641 g/mol. The van der Waals surface area contributed by atoms with E-state index in [-0.39, 0.29) is 17.2 Å². The Balaban J connectivity index is 1.29. The second kappa shape index (κ2) is 14.4. The first-order valence-corrected chi connectivity index (χ1v) is 17.0. The molecule has 1 amide bonds. The van der Waals surface area contributed by atoms with E-state index < -0.39 is 11.4 Å². The lowest BCUT2D eigenvalue weighted by Crippen LogP contribution is -2.43. The summed E-state index contributed by atoms with van der Waals surface area (Å²) in [4.78, 5) is 35.2. The molecule has 1 saturated heterocycles. The molecule has 2 unspecified atom stereocenters. The Morgan fingerprint density at radius 2 is 1.81 bits per heavy atom. The minimum atomic E-state index is -0.693. The normalized spacial score (nSPS) is 19.5. The van der Waals surface area contributed by atoms with Crippen LogP contribution in [0.2, 0.25) is 0 Å². The molecule has 1 aliphatic carbocycles. The Morgan fingerprint density at radius 1 is 1.02 bits per heavy atom. The van der Waals surface area contributed by atoms with Gasteiger partial charge in [0.25, 0.3) is 5.91 Å². The van der Waals surface area contributed by atoms with Gasteiger partial charge in [-0.05, 0) is 97.2 Å². The van der Waals surface area contributed by atoms with Gasteiger partial charge in [-0.1, -0.05) is 52.8 Å². The summed E-state index contributed by atoms with van der Waals surface area (Å²) in [6, 6.07) is 19.3. The third-order valence-electron chi connectivity index (χ3n) is 9.96. The van der Waals surface area contributed by atoms with E-state index in [4.69, 9.17) is 9.47 Å². The van der Waals surface area contributed by atoms with Crippen LogP contribution in [0.3, 0.4) is 0 Å². The number of methoxy groups -OCH3 is 1.